The quantitative estimate of drug-likeness (QED) is 0.685. The first-order valence-electron chi connectivity index (χ1n) is 6.74. The van der Waals surface area contributed by atoms with Crippen molar-refractivity contribution >= 4 is 23.6 Å². The summed E-state index contributed by atoms with van der Waals surface area (Å²) >= 11 is 6.21. The zero-order valence-corrected chi connectivity index (χ0v) is 13.2. The number of nitrogens with one attached hydrogen (secondary N) is 1. The van der Waals surface area contributed by atoms with Crippen LogP contribution in [-0.2, 0) is 9.53 Å². The van der Waals surface area contributed by atoms with Gasteiger partial charge in [-0.15, -0.1) is 0 Å². The number of allylic oxidation sites excluding steroid dienone is 1. The zero-order valence-electron chi connectivity index (χ0n) is 12.4. The van der Waals surface area contributed by atoms with Crippen molar-refractivity contribution in [3.8, 4) is 0 Å². The molecule has 5 nitrogen and oxygen atoms in total. The largest absolute Gasteiger partial charge is 0.458 e. The van der Waals surface area contributed by atoms with E-state index in [1.54, 1.807) is 38.2 Å². The predicted octanol–water partition coefficient (Wildman–Crippen LogP) is 3.04. The van der Waals surface area contributed by atoms with E-state index in [1.165, 1.54) is 11.0 Å². The summed E-state index contributed by atoms with van der Waals surface area (Å²) in [6.07, 6.45) is 1.49. The molecule has 1 heterocycles. The van der Waals surface area contributed by atoms with E-state index in [-0.39, 0.29) is 12.6 Å². The Hall–Kier alpha value is -2.27. The number of carbonyl (C=O) groups is 2. The second-order valence-corrected chi connectivity index (χ2v) is 5.26. The van der Waals surface area contributed by atoms with Gasteiger partial charge >= 0.3 is 12.0 Å². The number of rotatable bonds is 4. The van der Waals surface area contributed by atoms with Crippen LogP contribution in [0.3, 0.4) is 0 Å². The van der Waals surface area contributed by atoms with Crippen LogP contribution in [0.25, 0.3) is 0 Å². The van der Waals surface area contributed by atoms with E-state index in [0.717, 1.165) is 0 Å². The van der Waals surface area contributed by atoms with E-state index in [1.807, 2.05) is 0 Å². The molecule has 0 fully saturated rings. The molecule has 2 amide bonds. The summed E-state index contributed by atoms with van der Waals surface area (Å²) in [7, 11) is 1.59. The van der Waals surface area contributed by atoms with Gasteiger partial charge in [-0.1, -0.05) is 42.5 Å². The van der Waals surface area contributed by atoms with Crippen molar-refractivity contribution in [3.63, 3.8) is 0 Å². The third-order valence-electron chi connectivity index (χ3n) is 3.52. The Kier molecular flexibility index (Phi) is 4.88. The van der Waals surface area contributed by atoms with Crippen molar-refractivity contribution in [2.45, 2.75) is 13.0 Å². The molecule has 0 bridgehead atoms. The minimum atomic E-state index is -0.644. The highest BCUT2D eigenvalue weighted by atomic mass is 35.5. The van der Waals surface area contributed by atoms with Crippen LogP contribution in [0, 0.1) is 0 Å². The fourth-order valence-electron chi connectivity index (χ4n) is 2.25. The smallest absolute Gasteiger partial charge is 0.338 e. The molecule has 1 aromatic rings. The van der Waals surface area contributed by atoms with E-state index >= 15 is 0 Å². The molecule has 0 saturated carbocycles. The average Bonchev–Trinajstić information content (AvgIpc) is 2.50. The van der Waals surface area contributed by atoms with E-state index in [9.17, 15) is 9.59 Å². The number of ether oxygens (including phenoxy) is 1. The van der Waals surface area contributed by atoms with Gasteiger partial charge in [0.05, 0.1) is 11.6 Å². The number of nitrogens with zero attached hydrogens (tertiary/aromatic N) is 1. The highest BCUT2D eigenvalue weighted by molar-refractivity contribution is 6.31. The van der Waals surface area contributed by atoms with Crippen LogP contribution in [0.4, 0.5) is 4.79 Å². The standard InChI is InChI=1S/C16H17ClN2O3/c1-4-9-22-15(20)13-10(2)19(3)16(21)18-14(13)11-7-5-6-8-12(11)17/h4-8,14H,1,9H2,2-3H3,(H,18,21). The van der Waals surface area contributed by atoms with Gasteiger partial charge in [0.2, 0.25) is 0 Å². The minimum Gasteiger partial charge on any atom is -0.458 e. The molecule has 1 N–H and O–H groups in total. The lowest BCUT2D eigenvalue weighted by molar-refractivity contribution is -0.138. The zero-order chi connectivity index (χ0) is 16.3. The van der Waals surface area contributed by atoms with Crippen LogP contribution < -0.4 is 5.32 Å². The molecule has 116 valence electrons. The number of halogens is 1. The maximum Gasteiger partial charge on any atom is 0.338 e. The summed E-state index contributed by atoms with van der Waals surface area (Å²) in [5, 5.41) is 3.25. The average molecular weight is 321 g/mol. The summed E-state index contributed by atoms with van der Waals surface area (Å²) in [6, 6.07) is 6.12. The first kappa shape index (κ1) is 16.1. The third kappa shape index (κ3) is 2.99. The first-order valence-corrected chi connectivity index (χ1v) is 7.12. The van der Waals surface area contributed by atoms with Gasteiger partial charge in [0.25, 0.3) is 0 Å². The molecule has 22 heavy (non-hydrogen) atoms. The molecule has 0 spiro atoms. The Bertz CT molecular complexity index is 655. The lowest BCUT2D eigenvalue weighted by atomic mass is 9.95. The number of amides is 2. The van der Waals surface area contributed by atoms with E-state index in [2.05, 4.69) is 11.9 Å². The molecule has 1 aromatic carbocycles. The van der Waals surface area contributed by atoms with Crippen molar-refractivity contribution in [3.05, 3.63) is 58.8 Å². The van der Waals surface area contributed by atoms with Crippen LogP contribution in [0.1, 0.15) is 18.5 Å². The predicted molar refractivity (Wildman–Crippen MR) is 84.3 cm³/mol. The van der Waals surface area contributed by atoms with E-state index in [0.29, 0.717) is 21.9 Å². The van der Waals surface area contributed by atoms with Crippen molar-refractivity contribution in [1.82, 2.24) is 10.2 Å². The fourth-order valence-corrected chi connectivity index (χ4v) is 2.50. The third-order valence-corrected chi connectivity index (χ3v) is 3.87. The Morgan fingerprint density at radius 3 is 2.82 bits per heavy atom. The number of esters is 1. The Morgan fingerprint density at radius 2 is 2.18 bits per heavy atom. The van der Waals surface area contributed by atoms with E-state index in [4.69, 9.17) is 16.3 Å². The number of carbonyl (C=O) groups excluding carboxylic acids is 2. The Morgan fingerprint density at radius 1 is 1.50 bits per heavy atom. The highest BCUT2D eigenvalue weighted by Crippen LogP contribution is 2.34. The Balaban J connectivity index is 2.50. The van der Waals surface area contributed by atoms with Gasteiger partial charge in [-0.2, -0.15) is 0 Å². The van der Waals surface area contributed by atoms with Gasteiger partial charge in [-0.3, -0.25) is 0 Å². The highest BCUT2D eigenvalue weighted by Gasteiger charge is 2.35. The van der Waals surface area contributed by atoms with Gasteiger partial charge in [-0.05, 0) is 18.6 Å². The molecule has 0 aromatic heterocycles. The van der Waals surface area contributed by atoms with Crippen LogP contribution in [0.2, 0.25) is 5.02 Å². The SMILES string of the molecule is C=CCOC(=O)C1=C(C)N(C)C(=O)NC1c1ccccc1Cl. The van der Waals surface area contributed by atoms with Gasteiger partial charge in [0.15, 0.2) is 0 Å². The number of benzene rings is 1. The second-order valence-electron chi connectivity index (χ2n) is 4.85. The topological polar surface area (TPSA) is 58.6 Å². The Labute approximate surface area is 134 Å². The molecule has 1 atom stereocenters. The van der Waals surface area contributed by atoms with E-state index < -0.39 is 12.0 Å². The molecule has 6 heteroatoms. The van der Waals surface area contributed by atoms with Crippen LogP contribution >= 0.6 is 11.6 Å². The summed E-state index contributed by atoms with van der Waals surface area (Å²) < 4.78 is 5.14. The lowest BCUT2D eigenvalue weighted by Crippen LogP contribution is -2.46. The van der Waals surface area contributed by atoms with Crippen molar-refractivity contribution in [2.75, 3.05) is 13.7 Å². The molecule has 0 aliphatic carbocycles. The maximum absolute atomic E-state index is 12.4. The number of hydrogen-bond acceptors (Lipinski definition) is 3. The van der Waals surface area contributed by atoms with Crippen LogP contribution in [0.5, 0.6) is 0 Å². The normalized spacial score (nSPS) is 18.0. The van der Waals surface area contributed by atoms with Crippen molar-refractivity contribution < 1.29 is 14.3 Å². The monoisotopic (exact) mass is 320 g/mol. The summed E-state index contributed by atoms with van der Waals surface area (Å²) in [6.45, 7) is 5.32. The molecule has 1 unspecified atom stereocenters. The molecule has 1 aliphatic rings. The fraction of sp³-hybridized carbons (Fsp3) is 0.250. The first-order chi connectivity index (χ1) is 10.5. The van der Waals surface area contributed by atoms with Crippen LogP contribution in [0.15, 0.2) is 48.2 Å². The number of urea groups is 1. The molecule has 0 saturated heterocycles. The maximum atomic E-state index is 12.4. The summed E-state index contributed by atoms with van der Waals surface area (Å²) in [4.78, 5) is 25.8. The summed E-state index contributed by atoms with van der Waals surface area (Å²) in [5.41, 5.74) is 1.54. The molecular weight excluding hydrogens is 304 g/mol. The minimum absolute atomic E-state index is 0.0997. The van der Waals surface area contributed by atoms with Gasteiger partial charge < -0.3 is 15.0 Å². The van der Waals surface area contributed by atoms with Gasteiger partial charge in [0, 0.05) is 17.8 Å². The molecule has 0 radical (unpaired) electrons. The van der Waals surface area contributed by atoms with Crippen LogP contribution in [-0.4, -0.2) is 30.6 Å². The molecule has 1 aliphatic heterocycles. The number of hydrogen-bond donors (Lipinski definition) is 1. The van der Waals surface area contributed by atoms with Gasteiger partial charge in [-0.25, -0.2) is 9.59 Å². The second kappa shape index (κ2) is 6.66. The lowest BCUT2D eigenvalue weighted by Gasteiger charge is -2.33. The van der Waals surface area contributed by atoms with Crippen molar-refractivity contribution in [2.24, 2.45) is 0 Å². The van der Waals surface area contributed by atoms with Crippen molar-refractivity contribution in [1.29, 1.82) is 0 Å². The summed E-state index contributed by atoms with van der Waals surface area (Å²) in [5.74, 6) is -0.505. The molecule has 2 rings (SSSR count). The molecular formula is C16H17ClN2O3. The van der Waals surface area contributed by atoms with Gasteiger partial charge in [0.1, 0.15) is 6.61 Å².